The van der Waals surface area contributed by atoms with Crippen LogP contribution < -0.4 is 0 Å². The van der Waals surface area contributed by atoms with Gasteiger partial charge in [-0.15, -0.1) is 0 Å². The number of rotatable bonds is 2. The predicted octanol–water partition coefficient (Wildman–Crippen LogP) is 0.443. The van der Waals surface area contributed by atoms with Crippen molar-refractivity contribution in [2.75, 3.05) is 0 Å². The van der Waals surface area contributed by atoms with Gasteiger partial charge in [0.15, 0.2) is 0 Å². The average molecular weight is 205 g/mol. The van der Waals surface area contributed by atoms with Crippen LogP contribution in [0.5, 0.6) is 0 Å². The lowest BCUT2D eigenvalue weighted by Gasteiger charge is -1.97. The van der Waals surface area contributed by atoms with Crippen LogP contribution in [0.4, 0.5) is 0 Å². The second kappa shape index (κ2) is 3.53. The Morgan fingerprint density at radius 1 is 1.33 bits per heavy atom. The van der Waals surface area contributed by atoms with Crippen LogP contribution in [0.3, 0.4) is 0 Å². The lowest BCUT2D eigenvalue weighted by Crippen LogP contribution is -2.24. The van der Waals surface area contributed by atoms with Gasteiger partial charge in [0.05, 0.1) is 0 Å². The first-order valence-electron chi connectivity index (χ1n) is 4.26. The first kappa shape index (κ1) is 9.39. The van der Waals surface area contributed by atoms with Crippen LogP contribution >= 0.6 is 0 Å². The lowest BCUT2D eigenvalue weighted by molar-refractivity contribution is -0.146. The van der Waals surface area contributed by atoms with Gasteiger partial charge in [-0.2, -0.15) is 0 Å². The Morgan fingerprint density at radius 2 is 2.00 bits per heavy atom. The zero-order valence-corrected chi connectivity index (χ0v) is 7.58. The van der Waals surface area contributed by atoms with E-state index in [-0.39, 0.29) is 5.90 Å². The van der Waals surface area contributed by atoms with Gasteiger partial charge in [-0.1, -0.05) is 18.2 Å². The number of carbonyl (C=O) groups is 2. The molecule has 1 aromatic carbocycles. The van der Waals surface area contributed by atoms with Crippen LogP contribution in [0.25, 0.3) is 0 Å². The van der Waals surface area contributed by atoms with E-state index >= 15 is 0 Å². The molecular formula is C10H7NO4. The van der Waals surface area contributed by atoms with E-state index in [9.17, 15) is 9.59 Å². The summed E-state index contributed by atoms with van der Waals surface area (Å²) in [6.45, 7) is 0. The van der Waals surface area contributed by atoms with Crippen LogP contribution in [0, 0.1) is 0 Å². The SMILES string of the molecule is O=C(O)C1N=C(c2ccccc2)OC1=O. The molecule has 1 heterocycles. The Morgan fingerprint density at radius 3 is 2.53 bits per heavy atom. The summed E-state index contributed by atoms with van der Waals surface area (Å²) < 4.78 is 4.75. The van der Waals surface area contributed by atoms with E-state index in [4.69, 9.17) is 9.84 Å². The zero-order chi connectivity index (χ0) is 10.8. The molecule has 0 aliphatic carbocycles. The van der Waals surface area contributed by atoms with Crippen molar-refractivity contribution in [1.82, 2.24) is 0 Å². The van der Waals surface area contributed by atoms with Crippen molar-refractivity contribution in [2.24, 2.45) is 4.99 Å². The number of aliphatic imine (C=N–C) groups is 1. The minimum atomic E-state index is -1.43. The molecule has 1 aliphatic heterocycles. The summed E-state index contributed by atoms with van der Waals surface area (Å²) in [6, 6.07) is 7.25. The van der Waals surface area contributed by atoms with Crippen molar-refractivity contribution in [2.45, 2.75) is 6.04 Å². The quantitative estimate of drug-likeness (QED) is 0.561. The van der Waals surface area contributed by atoms with E-state index in [0.29, 0.717) is 5.56 Å². The summed E-state index contributed by atoms with van der Waals surface area (Å²) in [5, 5.41) is 8.64. The second-order valence-corrected chi connectivity index (χ2v) is 2.96. The third-order valence-electron chi connectivity index (χ3n) is 1.92. The summed E-state index contributed by atoms with van der Waals surface area (Å²) in [6.07, 6.45) is 0. The smallest absolute Gasteiger partial charge is 0.349 e. The number of nitrogens with zero attached hydrogens (tertiary/aromatic N) is 1. The first-order chi connectivity index (χ1) is 7.18. The molecule has 0 amide bonds. The molecule has 0 aromatic heterocycles. The Bertz CT molecular complexity index is 438. The van der Waals surface area contributed by atoms with Crippen LogP contribution in [-0.4, -0.2) is 29.0 Å². The van der Waals surface area contributed by atoms with Crippen molar-refractivity contribution < 1.29 is 19.4 Å². The van der Waals surface area contributed by atoms with Crippen molar-refractivity contribution in [3.8, 4) is 0 Å². The number of aliphatic carboxylic acids is 1. The normalized spacial score (nSPS) is 19.6. The molecule has 1 aliphatic rings. The van der Waals surface area contributed by atoms with Crippen molar-refractivity contribution in [3.05, 3.63) is 35.9 Å². The fourth-order valence-electron chi connectivity index (χ4n) is 1.22. The fourth-order valence-corrected chi connectivity index (χ4v) is 1.22. The van der Waals surface area contributed by atoms with Gasteiger partial charge in [-0.05, 0) is 12.1 Å². The topological polar surface area (TPSA) is 76.0 Å². The molecule has 15 heavy (non-hydrogen) atoms. The van der Waals surface area contributed by atoms with Crippen LogP contribution in [0.1, 0.15) is 5.56 Å². The van der Waals surface area contributed by atoms with Gasteiger partial charge in [0.1, 0.15) is 0 Å². The second-order valence-electron chi connectivity index (χ2n) is 2.96. The molecule has 1 unspecified atom stereocenters. The Hall–Kier alpha value is -2.17. The van der Waals surface area contributed by atoms with E-state index in [2.05, 4.69) is 4.99 Å². The summed E-state index contributed by atoms with van der Waals surface area (Å²) in [5.41, 5.74) is 0.592. The number of esters is 1. The lowest BCUT2D eigenvalue weighted by atomic mass is 10.2. The molecule has 5 nitrogen and oxygen atoms in total. The van der Waals surface area contributed by atoms with Gasteiger partial charge >= 0.3 is 11.9 Å². The highest BCUT2D eigenvalue weighted by molar-refractivity contribution is 6.13. The minimum Gasteiger partial charge on any atom is -0.479 e. The molecule has 0 saturated heterocycles. The molecule has 0 saturated carbocycles. The van der Waals surface area contributed by atoms with Crippen molar-refractivity contribution in [1.29, 1.82) is 0 Å². The van der Waals surface area contributed by atoms with E-state index in [1.54, 1.807) is 30.3 Å². The number of carboxylic acid groups (broad SMARTS) is 1. The van der Waals surface area contributed by atoms with Gasteiger partial charge in [0.25, 0.3) is 0 Å². The van der Waals surface area contributed by atoms with Crippen molar-refractivity contribution in [3.63, 3.8) is 0 Å². The average Bonchev–Trinajstić information content (AvgIpc) is 2.62. The number of hydrogen-bond donors (Lipinski definition) is 1. The molecule has 0 spiro atoms. The summed E-state index contributed by atoms with van der Waals surface area (Å²) in [4.78, 5) is 25.3. The maximum Gasteiger partial charge on any atom is 0.349 e. The Balaban J connectivity index is 2.31. The molecule has 2 rings (SSSR count). The van der Waals surface area contributed by atoms with Gasteiger partial charge in [-0.25, -0.2) is 14.6 Å². The number of ether oxygens (including phenoxy) is 1. The monoisotopic (exact) mass is 205 g/mol. The Labute approximate surface area is 85.0 Å². The number of hydrogen-bond acceptors (Lipinski definition) is 4. The van der Waals surface area contributed by atoms with Crippen LogP contribution in [0.2, 0.25) is 0 Å². The molecule has 0 bridgehead atoms. The molecule has 0 fully saturated rings. The van der Waals surface area contributed by atoms with Gasteiger partial charge in [-0.3, -0.25) is 0 Å². The molecule has 5 heteroatoms. The molecule has 1 aromatic rings. The highest BCUT2D eigenvalue weighted by Gasteiger charge is 2.35. The summed E-state index contributed by atoms with van der Waals surface area (Å²) in [5.74, 6) is -2.08. The predicted molar refractivity (Wildman–Crippen MR) is 50.5 cm³/mol. The Kier molecular flexibility index (Phi) is 2.21. The highest BCUT2D eigenvalue weighted by Crippen LogP contribution is 2.13. The number of carboxylic acids is 1. The standard InChI is InChI=1S/C10H7NO4/c12-9(13)7-10(14)15-8(11-7)6-4-2-1-3-5-6/h1-5,7H,(H,12,13). The van der Waals surface area contributed by atoms with Gasteiger partial charge in [0.2, 0.25) is 11.9 Å². The molecule has 1 atom stereocenters. The number of carbonyl (C=O) groups excluding carboxylic acids is 1. The van der Waals surface area contributed by atoms with E-state index in [0.717, 1.165) is 0 Å². The number of cyclic esters (lactones) is 1. The zero-order valence-electron chi connectivity index (χ0n) is 7.58. The molecule has 1 N–H and O–H groups in total. The summed E-state index contributed by atoms with van der Waals surface area (Å²) >= 11 is 0. The van der Waals surface area contributed by atoms with E-state index < -0.39 is 18.0 Å². The maximum atomic E-state index is 11.1. The maximum absolute atomic E-state index is 11.1. The first-order valence-corrected chi connectivity index (χ1v) is 4.26. The van der Waals surface area contributed by atoms with Crippen LogP contribution in [0.15, 0.2) is 35.3 Å². The van der Waals surface area contributed by atoms with E-state index in [1.165, 1.54) is 0 Å². The molecular weight excluding hydrogens is 198 g/mol. The molecule has 76 valence electrons. The van der Waals surface area contributed by atoms with E-state index in [1.807, 2.05) is 0 Å². The highest BCUT2D eigenvalue weighted by atomic mass is 16.6. The fraction of sp³-hybridized carbons (Fsp3) is 0.100. The number of benzene rings is 1. The van der Waals surface area contributed by atoms with Crippen molar-refractivity contribution >= 4 is 17.8 Å². The third kappa shape index (κ3) is 1.71. The molecule has 0 radical (unpaired) electrons. The van der Waals surface area contributed by atoms with Crippen LogP contribution in [-0.2, 0) is 14.3 Å². The van der Waals surface area contributed by atoms with Gasteiger partial charge in [0, 0.05) is 5.56 Å². The summed E-state index contributed by atoms with van der Waals surface area (Å²) in [7, 11) is 0. The largest absolute Gasteiger partial charge is 0.479 e. The van der Waals surface area contributed by atoms with Gasteiger partial charge < -0.3 is 9.84 Å². The minimum absolute atomic E-state index is 0.0630. The third-order valence-corrected chi connectivity index (χ3v) is 1.92.